The van der Waals surface area contributed by atoms with Gasteiger partial charge in [0.2, 0.25) is 0 Å². The van der Waals surface area contributed by atoms with E-state index in [-0.39, 0.29) is 11.9 Å². The molecule has 0 spiro atoms. The Morgan fingerprint density at radius 1 is 1.15 bits per heavy atom. The Hall–Kier alpha value is -2.84. The number of methoxy groups -OCH3 is 1. The molecule has 3 rings (SSSR count). The summed E-state index contributed by atoms with van der Waals surface area (Å²) >= 11 is 0. The molecular formula is C21H23N3O2. The summed E-state index contributed by atoms with van der Waals surface area (Å²) in [6.45, 7) is 1.62. The first-order valence-electron chi connectivity index (χ1n) is 8.85. The standard InChI is InChI=1S/C21H23N3O2/c1-26-20(16-7-3-2-4-8-16)21(25)23-18-11-13-24(14-12-18)19-10-6-5-9-17(19)15-22/h2-10,18,20H,11-14H2,1H3,(H,23,25)/t20-/m0/s1. The second kappa shape index (κ2) is 8.50. The predicted octanol–water partition coefficient (Wildman–Crippen LogP) is 3.03. The number of hydrogen-bond acceptors (Lipinski definition) is 4. The number of nitriles is 1. The zero-order valence-electron chi connectivity index (χ0n) is 14.9. The van der Waals surface area contributed by atoms with Gasteiger partial charge in [-0.3, -0.25) is 4.79 Å². The Labute approximate surface area is 154 Å². The largest absolute Gasteiger partial charge is 0.370 e. The van der Waals surface area contributed by atoms with Crippen molar-refractivity contribution in [2.24, 2.45) is 0 Å². The van der Waals surface area contributed by atoms with Gasteiger partial charge in [-0.15, -0.1) is 0 Å². The highest BCUT2D eigenvalue weighted by molar-refractivity contribution is 5.82. The maximum absolute atomic E-state index is 12.6. The summed E-state index contributed by atoms with van der Waals surface area (Å²) in [6, 6.07) is 19.5. The van der Waals surface area contributed by atoms with Crippen molar-refractivity contribution in [3.8, 4) is 6.07 Å². The number of nitrogens with one attached hydrogen (secondary N) is 1. The van der Waals surface area contributed by atoms with E-state index in [0.717, 1.165) is 37.2 Å². The minimum atomic E-state index is -0.589. The van der Waals surface area contributed by atoms with Crippen molar-refractivity contribution in [1.29, 1.82) is 5.26 Å². The molecule has 2 aromatic carbocycles. The van der Waals surface area contributed by atoms with Gasteiger partial charge in [0.15, 0.2) is 6.10 Å². The number of carbonyl (C=O) groups excluding carboxylic acids is 1. The quantitative estimate of drug-likeness (QED) is 0.901. The van der Waals surface area contributed by atoms with Crippen LogP contribution in [0.3, 0.4) is 0 Å². The van der Waals surface area contributed by atoms with E-state index in [2.05, 4.69) is 16.3 Å². The summed E-state index contributed by atoms with van der Waals surface area (Å²) < 4.78 is 5.40. The molecule has 5 heteroatoms. The van der Waals surface area contributed by atoms with Crippen LogP contribution in [0, 0.1) is 11.3 Å². The molecular weight excluding hydrogens is 326 g/mol. The number of amides is 1. The Bertz CT molecular complexity index is 777. The van der Waals surface area contributed by atoms with Crippen molar-refractivity contribution in [3.63, 3.8) is 0 Å². The molecule has 1 aliphatic rings. The highest BCUT2D eigenvalue weighted by Gasteiger charge is 2.26. The second-order valence-corrected chi connectivity index (χ2v) is 6.43. The lowest BCUT2D eigenvalue weighted by atomic mass is 10.0. The predicted molar refractivity (Wildman–Crippen MR) is 101 cm³/mol. The number of ether oxygens (including phenoxy) is 1. The number of anilines is 1. The van der Waals surface area contributed by atoms with Crippen LogP contribution in [-0.4, -0.2) is 32.1 Å². The second-order valence-electron chi connectivity index (χ2n) is 6.43. The van der Waals surface area contributed by atoms with E-state index < -0.39 is 6.10 Å². The molecule has 1 saturated heterocycles. The number of para-hydroxylation sites is 1. The third-order valence-electron chi connectivity index (χ3n) is 4.78. The molecule has 0 aromatic heterocycles. The zero-order valence-corrected chi connectivity index (χ0v) is 14.9. The minimum Gasteiger partial charge on any atom is -0.370 e. The fourth-order valence-electron chi connectivity index (χ4n) is 3.41. The SMILES string of the molecule is CO[C@H](C(=O)NC1CCN(c2ccccc2C#N)CC1)c1ccccc1. The zero-order chi connectivity index (χ0) is 18.4. The third kappa shape index (κ3) is 4.04. The molecule has 1 fully saturated rings. The number of rotatable bonds is 5. The van der Waals surface area contributed by atoms with Gasteiger partial charge in [0, 0.05) is 26.2 Å². The molecule has 0 radical (unpaired) electrons. The molecule has 1 aliphatic heterocycles. The Morgan fingerprint density at radius 3 is 2.46 bits per heavy atom. The molecule has 2 aromatic rings. The Kier molecular flexibility index (Phi) is 5.88. The van der Waals surface area contributed by atoms with Crippen LogP contribution in [0.25, 0.3) is 0 Å². The van der Waals surface area contributed by atoms with Crippen LogP contribution in [0.15, 0.2) is 54.6 Å². The molecule has 0 bridgehead atoms. The summed E-state index contributed by atoms with van der Waals surface area (Å²) in [7, 11) is 1.55. The van der Waals surface area contributed by atoms with E-state index >= 15 is 0 Å². The van der Waals surface area contributed by atoms with E-state index in [0.29, 0.717) is 5.56 Å². The maximum atomic E-state index is 12.6. The topological polar surface area (TPSA) is 65.4 Å². The number of hydrogen-bond donors (Lipinski definition) is 1. The van der Waals surface area contributed by atoms with Crippen molar-refractivity contribution >= 4 is 11.6 Å². The molecule has 1 heterocycles. The average Bonchev–Trinajstić information content (AvgIpc) is 2.70. The molecule has 1 atom stereocenters. The average molecular weight is 349 g/mol. The van der Waals surface area contributed by atoms with Crippen molar-refractivity contribution in [2.75, 3.05) is 25.1 Å². The highest BCUT2D eigenvalue weighted by atomic mass is 16.5. The molecule has 0 aliphatic carbocycles. The van der Waals surface area contributed by atoms with Gasteiger partial charge in [-0.05, 0) is 30.5 Å². The fourth-order valence-corrected chi connectivity index (χ4v) is 3.41. The summed E-state index contributed by atoms with van der Waals surface area (Å²) in [5.74, 6) is -0.102. The Balaban J connectivity index is 1.58. The van der Waals surface area contributed by atoms with Crippen LogP contribution in [-0.2, 0) is 9.53 Å². The van der Waals surface area contributed by atoms with Crippen LogP contribution in [0.1, 0.15) is 30.1 Å². The first-order chi connectivity index (χ1) is 12.7. The summed E-state index contributed by atoms with van der Waals surface area (Å²) in [5, 5.41) is 12.4. The van der Waals surface area contributed by atoms with Crippen LogP contribution in [0.2, 0.25) is 0 Å². The van der Waals surface area contributed by atoms with E-state index in [1.165, 1.54) is 0 Å². The number of carbonyl (C=O) groups is 1. The van der Waals surface area contributed by atoms with Gasteiger partial charge in [0.25, 0.3) is 5.91 Å². The highest BCUT2D eigenvalue weighted by Crippen LogP contribution is 2.24. The van der Waals surface area contributed by atoms with Gasteiger partial charge in [0.1, 0.15) is 6.07 Å². The maximum Gasteiger partial charge on any atom is 0.253 e. The molecule has 5 nitrogen and oxygen atoms in total. The molecule has 26 heavy (non-hydrogen) atoms. The monoisotopic (exact) mass is 349 g/mol. The van der Waals surface area contributed by atoms with E-state index in [1.54, 1.807) is 7.11 Å². The lowest BCUT2D eigenvalue weighted by Gasteiger charge is -2.34. The van der Waals surface area contributed by atoms with Crippen molar-refractivity contribution < 1.29 is 9.53 Å². The van der Waals surface area contributed by atoms with Crippen LogP contribution in [0.5, 0.6) is 0 Å². The van der Waals surface area contributed by atoms with Gasteiger partial charge in [0.05, 0.1) is 11.3 Å². The summed E-state index contributed by atoms with van der Waals surface area (Å²) in [4.78, 5) is 14.8. The first-order valence-corrected chi connectivity index (χ1v) is 8.85. The summed E-state index contributed by atoms with van der Waals surface area (Å²) in [6.07, 6.45) is 1.10. The molecule has 0 unspecified atom stereocenters. The molecule has 1 N–H and O–H groups in total. The number of piperidine rings is 1. The van der Waals surface area contributed by atoms with Gasteiger partial charge >= 0.3 is 0 Å². The van der Waals surface area contributed by atoms with Crippen molar-refractivity contribution in [2.45, 2.75) is 25.0 Å². The van der Waals surface area contributed by atoms with Crippen molar-refractivity contribution in [1.82, 2.24) is 5.32 Å². The lowest BCUT2D eigenvalue weighted by molar-refractivity contribution is -0.132. The molecule has 1 amide bonds. The third-order valence-corrected chi connectivity index (χ3v) is 4.78. The van der Waals surface area contributed by atoms with Crippen LogP contribution < -0.4 is 10.2 Å². The first kappa shape index (κ1) is 18.0. The number of benzene rings is 2. The minimum absolute atomic E-state index is 0.102. The van der Waals surface area contributed by atoms with E-state index in [1.807, 2.05) is 54.6 Å². The van der Waals surface area contributed by atoms with E-state index in [4.69, 9.17) is 4.74 Å². The fraction of sp³-hybridized carbons (Fsp3) is 0.333. The van der Waals surface area contributed by atoms with Gasteiger partial charge in [-0.2, -0.15) is 5.26 Å². The lowest BCUT2D eigenvalue weighted by Crippen LogP contribution is -2.46. The molecule has 134 valence electrons. The van der Waals surface area contributed by atoms with Crippen LogP contribution >= 0.6 is 0 Å². The van der Waals surface area contributed by atoms with Gasteiger partial charge < -0.3 is 15.0 Å². The van der Waals surface area contributed by atoms with E-state index in [9.17, 15) is 10.1 Å². The van der Waals surface area contributed by atoms with Crippen molar-refractivity contribution in [3.05, 3.63) is 65.7 Å². The van der Waals surface area contributed by atoms with Gasteiger partial charge in [-0.25, -0.2) is 0 Å². The smallest absolute Gasteiger partial charge is 0.253 e. The molecule has 0 saturated carbocycles. The normalized spacial score (nSPS) is 15.9. The Morgan fingerprint density at radius 2 is 1.81 bits per heavy atom. The summed E-state index contributed by atoms with van der Waals surface area (Å²) in [5.41, 5.74) is 2.52. The number of nitrogens with zero attached hydrogens (tertiary/aromatic N) is 2. The van der Waals surface area contributed by atoms with Crippen LogP contribution in [0.4, 0.5) is 5.69 Å². The van der Waals surface area contributed by atoms with Gasteiger partial charge in [-0.1, -0.05) is 42.5 Å².